The van der Waals surface area contributed by atoms with Crippen LogP contribution in [0.5, 0.6) is 0 Å². The molecule has 0 aliphatic rings. The monoisotopic (exact) mass is 265 g/mol. The van der Waals surface area contributed by atoms with Gasteiger partial charge in [0.1, 0.15) is 5.82 Å². The van der Waals surface area contributed by atoms with Gasteiger partial charge in [0.2, 0.25) is 0 Å². The van der Waals surface area contributed by atoms with Crippen LogP contribution in [-0.4, -0.2) is 9.55 Å². The van der Waals surface area contributed by atoms with Crippen molar-refractivity contribution in [2.24, 2.45) is 7.05 Å². The number of aryl methyl sites for hydroxylation is 2. The van der Waals surface area contributed by atoms with Gasteiger partial charge in [-0.05, 0) is 30.2 Å². The molecule has 0 fully saturated rings. The van der Waals surface area contributed by atoms with Crippen molar-refractivity contribution in [3.63, 3.8) is 0 Å². The Bertz CT molecular complexity index is 728. The van der Waals surface area contributed by atoms with E-state index in [2.05, 4.69) is 71.3 Å². The number of imidazole rings is 1. The van der Waals surface area contributed by atoms with Crippen LogP contribution >= 0.6 is 0 Å². The van der Waals surface area contributed by atoms with E-state index in [1.165, 1.54) is 16.6 Å². The van der Waals surface area contributed by atoms with Crippen molar-refractivity contribution < 1.29 is 0 Å². The summed E-state index contributed by atoms with van der Waals surface area (Å²) in [5.74, 6) is 1.07. The van der Waals surface area contributed by atoms with Gasteiger partial charge < -0.3 is 9.88 Å². The molecule has 20 heavy (non-hydrogen) atoms. The van der Waals surface area contributed by atoms with Crippen LogP contribution in [-0.2, 0) is 20.1 Å². The summed E-state index contributed by atoms with van der Waals surface area (Å²) in [6.45, 7) is 3.79. The first kappa shape index (κ1) is 12.9. The summed E-state index contributed by atoms with van der Waals surface area (Å²) in [6.07, 6.45) is 0. The first-order valence-corrected chi connectivity index (χ1v) is 6.91. The number of hydrogen-bond donors (Lipinski definition) is 1. The second-order valence-corrected chi connectivity index (χ2v) is 5.11. The van der Waals surface area contributed by atoms with Gasteiger partial charge in [0, 0.05) is 13.6 Å². The molecule has 3 nitrogen and oxygen atoms in total. The van der Waals surface area contributed by atoms with Crippen LogP contribution in [0.3, 0.4) is 0 Å². The SMILES string of the molecule is Cc1ccccc1CNCc1nc2ccccc2n1C. The fraction of sp³-hybridized carbons (Fsp3) is 0.235. The number of para-hydroxylation sites is 2. The molecule has 2 aromatic carbocycles. The molecule has 0 atom stereocenters. The molecule has 0 bridgehead atoms. The van der Waals surface area contributed by atoms with Crippen molar-refractivity contribution in [1.29, 1.82) is 0 Å². The van der Waals surface area contributed by atoms with E-state index in [0.717, 1.165) is 24.4 Å². The summed E-state index contributed by atoms with van der Waals surface area (Å²) in [5, 5.41) is 3.48. The Morgan fingerprint density at radius 2 is 1.75 bits per heavy atom. The van der Waals surface area contributed by atoms with Crippen molar-refractivity contribution in [2.45, 2.75) is 20.0 Å². The van der Waals surface area contributed by atoms with E-state index < -0.39 is 0 Å². The Morgan fingerprint density at radius 3 is 2.55 bits per heavy atom. The zero-order valence-corrected chi connectivity index (χ0v) is 11.9. The molecule has 3 rings (SSSR count). The maximum absolute atomic E-state index is 4.67. The predicted octanol–water partition coefficient (Wildman–Crippen LogP) is 3.17. The van der Waals surface area contributed by atoms with Gasteiger partial charge in [0.25, 0.3) is 0 Å². The molecule has 0 spiro atoms. The van der Waals surface area contributed by atoms with E-state index in [4.69, 9.17) is 0 Å². The van der Waals surface area contributed by atoms with Crippen LogP contribution in [0.1, 0.15) is 17.0 Å². The minimum absolute atomic E-state index is 0.777. The third kappa shape index (κ3) is 2.45. The lowest BCUT2D eigenvalue weighted by atomic mass is 10.1. The average molecular weight is 265 g/mol. The lowest BCUT2D eigenvalue weighted by Crippen LogP contribution is -2.16. The normalized spacial score (nSPS) is 11.1. The molecule has 0 unspecified atom stereocenters. The highest BCUT2D eigenvalue weighted by molar-refractivity contribution is 5.75. The quantitative estimate of drug-likeness (QED) is 0.785. The van der Waals surface area contributed by atoms with Gasteiger partial charge in [-0.1, -0.05) is 36.4 Å². The van der Waals surface area contributed by atoms with Gasteiger partial charge in [-0.3, -0.25) is 0 Å². The summed E-state index contributed by atoms with van der Waals surface area (Å²) in [5.41, 5.74) is 4.90. The molecule has 0 amide bonds. The van der Waals surface area contributed by atoms with Crippen LogP contribution in [0, 0.1) is 6.92 Å². The van der Waals surface area contributed by atoms with Crippen molar-refractivity contribution in [1.82, 2.24) is 14.9 Å². The molecule has 1 aromatic heterocycles. The maximum atomic E-state index is 4.67. The van der Waals surface area contributed by atoms with Crippen LogP contribution in [0.2, 0.25) is 0 Å². The van der Waals surface area contributed by atoms with Gasteiger partial charge >= 0.3 is 0 Å². The highest BCUT2D eigenvalue weighted by Gasteiger charge is 2.06. The number of nitrogens with one attached hydrogen (secondary N) is 1. The largest absolute Gasteiger partial charge is 0.330 e. The van der Waals surface area contributed by atoms with E-state index in [-0.39, 0.29) is 0 Å². The zero-order valence-electron chi connectivity index (χ0n) is 11.9. The number of hydrogen-bond acceptors (Lipinski definition) is 2. The minimum atomic E-state index is 0.777. The first-order chi connectivity index (χ1) is 9.75. The Hall–Kier alpha value is -2.13. The van der Waals surface area contributed by atoms with E-state index in [9.17, 15) is 0 Å². The number of benzene rings is 2. The molecular formula is C17H19N3. The highest BCUT2D eigenvalue weighted by atomic mass is 15.1. The molecular weight excluding hydrogens is 246 g/mol. The van der Waals surface area contributed by atoms with Crippen molar-refractivity contribution >= 4 is 11.0 Å². The average Bonchev–Trinajstić information content (AvgIpc) is 2.78. The summed E-state index contributed by atoms with van der Waals surface area (Å²) in [6, 6.07) is 16.7. The summed E-state index contributed by atoms with van der Waals surface area (Å²) >= 11 is 0. The highest BCUT2D eigenvalue weighted by Crippen LogP contribution is 2.14. The van der Waals surface area contributed by atoms with Gasteiger partial charge in [0.15, 0.2) is 0 Å². The molecule has 102 valence electrons. The Kier molecular flexibility index (Phi) is 3.52. The van der Waals surface area contributed by atoms with Gasteiger partial charge in [0.05, 0.1) is 17.6 Å². The molecule has 0 saturated heterocycles. The lowest BCUT2D eigenvalue weighted by Gasteiger charge is -2.07. The standard InChI is InChI=1S/C17H19N3/c1-13-7-3-4-8-14(13)11-18-12-17-19-15-9-5-6-10-16(15)20(17)2/h3-10,18H,11-12H2,1-2H3. The van der Waals surface area contributed by atoms with Crippen LogP contribution in [0.25, 0.3) is 11.0 Å². The second kappa shape index (κ2) is 5.47. The maximum Gasteiger partial charge on any atom is 0.123 e. The molecule has 0 aliphatic carbocycles. The van der Waals surface area contributed by atoms with E-state index in [1.54, 1.807) is 0 Å². The van der Waals surface area contributed by atoms with Crippen molar-refractivity contribution in [3.8, 4) is 0 Å². The number of nitrogens with zero attached hydrogens (tertiary/aromatic N) is 2. The number of rotatable bonds is 4. The topological polar surface area (TPSA) is 29.9 Å². The van der Waals surface area contributed by atoms with Crippen LogP contribution in [0.15, 0.2) is 48.5 Å². The minimum Gasteiger partial charge on any atom is -0.330 e. The van der Waals surface area contributed by atoms with Crippen molar-refractivity contribution in [2.75, 3.05) is 0 Å². The smallest absolute Gasteiger partial charge is 0.123 e. The zero-order chi connectivity index (χ0) is 13.9. The molecule has 1 N–H and O–H groups in total. The molecule has 3 heteroatoms. The molecule has 1 heterocycles. The van der Waals surface area contributed by atoms with Crippen molar-refractivity contribution in [3.05, 3.63) is 65.5 Å². The Labute approximate surface area is 119 Å². The fourth-order valence-electron chi connectivity index (χ4n) is 2.47. The third-order valence-corrected chi connectivity index (χ3v) is 3.74. The lowest BCUT2D eigenvalue weighted by molar-refractivity contribution is 0.642. The first-order valence-electron chi connectivity index (χ1n) is 6.91. The summed E-state index contributed by atoms with van der Waals surface area (Å²) < 4.78 is 2.15. The Morgan fingerprint density at radius 1 is 1.00 bits per heavy atom. The molecule has 3 aromatic rings. The second-order valence-electron chi connectivity index (χ2n) is 5.11. The van der Waals surface area contributed by atoms with Crippen LogP contribution in [0.4, 0.5) is 0 Å². The van der Waals surface area contributed by atoms with E-state index in [0.29, 0.717) is 0 Å². The third-order valence-electron chi connectivity index (χ3n) is 3.74. The van der Waals surface area contributed by atoms with Gasteiger partial charge in [-0.15, -0.1) is 0 Å². The predicted molar refractivity (Wildman–Crippen MR) is 82.4 cm³/mol. The van der Waals surface area contributed by atoms with E-state index in [1.807, 2.05) is 6.07 Å². The van der Waals surface area contributed by atoms with Crippen LogP contribution < -0.4 is 5.32 Å². The summed E-state index contributed by atoms with van der Waals surface area (Å²) in [7, 11) is 2.07. The number of aromatic nitrogens is 2. The fourth-order valence-corrected chi connectivity index (χ4v) is 2.47. The molecule has 0 saturated carbocycles. The van der Waals surface area contributed by atoms with E-state index >= 15 is 0 Å². The molecule has 0 aliphatic heterocycles. The molecule has 0 radical (unpaired) electrons. The van der Waals surface area contributed by atoms with Gasteiger partial charge in [-0.2, -0.15) is 0 Å². The van der Waals surface area contributed by atoms with Gasteiger partial charge in [-0.25, -0.2) is 4.98 Å². The summed E-state index contributed by atoms with van der Waals surface area (Å²) in [4.78, 5) is 4.67. The Balaban J connectivity index is 1.71. The number of fused-ring (bicyclic) bond motifs is 1.